The molecule has 2 N–H and O–H groups in total. The molecule has 1 aromatic heterocycles. The molecular formula is C18H24N4O3. The molecule has 0 aliphatic rings. The molecule has 1 heterocycles. The summed E-state index contributed by atoms with van der Waals surface area (Å²) in [6.07, 6.45) is 1.08. The van der Waals surface area contributed by atoms with Crippen LogP contribution in [0.25, 0.3) is 5.69 Å². The number of nitrogens with one attached hydrogen (secondary N) is 2. The molecule has 0 spiro atoms. The number of carbonyl (C=O) groups is 2. The molecule has 0 unspecified atom stereocenters. The summed E-state index contributed by atoms with van der Waals surface area (Å²) in [6, 6.07) is 10.9. The summed E-state index contributed by atoms with van der Waals surface area (Å²) in [5.74, 6) is 0.0523. The Bertz CT molecular complexity index is 698. The minimum atomic E-state index is -0.279. The van der Waals surface area contributed by atoms with Crippen LogP contribution >= 0.6 is 0 Å². The number of para-hydroxylation sites is 1. The molecule has 0 saturated heterocycles. The van der Waals surface area contributed by atoms with Gasteiger partial charge in [0, 0.05) is 32.2 Å². The van der Waals surface area contributed by atoms with Crippen LogP contribution in [0.1, 0.15) is 37.2 Å². The van der Waals surface area contributed by atoms with E-state index in [2.05, 4.69) is 15.7 Å². The van der Waals surface area contributed by atoms with Crippen molar-refractivity contribution < 1.29 is 14.3 Å². The van der Waals surface area contributed by atoms with Crippen molar-refractivity contribution in [3.8, 4) is 5.69 Å². The van der Waals surface area contributed by atoms with Gasteiger partial charge in [0.1, 0.15) is 5.82 Å². The summed E-state index contributed by atoms with van der Waals surface area (Å²) >= 11 is 0. The Morgan fingerprint density at radius 1 is 1.20 bits per heavy atom. The molecular weight excluding hydrogens is 320 g/mol. The molecule has 7 nitrogen and oxygen atoms in total. The maximum Gasteiger partial charge on any atom is 0.271 e. The Morgan fingerprint density at radius 3 is 2.64 bits per heavy atom. The molecule has 0 bridgehead atoms. The van der Waals surface area contributed by atoms with E-state index in [0.29, 0.717) is 32.0 Å². The lowest BCUT2D eigenvalue weighted by molar-refractivity contribution is -0.115. The molecule has 2 rings (SSSR count). The average molecular weight is 344 g/mol. The van der Waals surface area contributed by atoms with Crippen molar-refractivity contribution in [2.24, 2.45) is 0 Å². The highest BCUT2D eigenvalue weighted by Crippen LogP contribution is 2.17. The van der Waals surface area contributed by atoms with Crippen molar-refractivity contribution in [1.29, 1.82) is 0 Å². The predicted molar refractivity (Wildman–Crippen MR) is 95.9 cm³/mol. The standard InChI is InChI=1S/C18H24N4O3/c1-3-17(23)20-16-13-15(18(24)19-11-8-12-25-4-2)21-22(16)14-9-6-5-7-10-14/h5-7,9-10,13H,3-4,8,11-12H2,1-2H3,(H,19,24)(H,20,23). The fourth-order valence-corrected chi connectivity index (χ4v) is 2.19. The molecule has 0 aliphatic heterocycles. The van der Waals surface area contributed by atoms with E-state index < -0.39 is 0 Å². The van der Waals surface area contributed by atoms with E-state index in [4.69, 9.17) is 4.74 Å². The number of anilines is 1. The molecule has 25 heavy (non-hydrogen) atoms. The fourth-order valence-electron chi connectivity index (χ4n) is 2.19. The van der Waals surface area contributed by atoms with Gasteiger partial charge in [0.15, 0.2) is 5.69 Å². The van der Waals surface area contributed by atoms with Gasteiger partial charge in [0.05, 0.1) is 5.69 Å². The van der Waals surface area contributed by atoms with Gasteiger partial charge in [-0.2, -0.15) is 5.10 Å². The van der Waals surface area contributed by atoms with Crippen molar-refractivity contribution in [2.75, 3.05) is 25.1 Å². The molecule has 0 saturated carbocycles. The normalized spacial score (nSPS) is 10.5. The van der Waals surface area contributed by atoms with Crippen LogP contribution in [0.4, 0.5) is 5.82 Å². The van der Waals surface area contributed by atoms with Gasteiger partial charge in [0.25, 0.3) is 5.91 Å². The van der Waals surface area contributed by atoms with Crippen molar-refractivity contribution in [3.05, 3.63) is 42.1 Å². The van der Waals surface area contributed by atoms with E-state index in [1.807, 2.05) is 37.3 Å². The van der Waals surface area contributed by atoms with E-state index in [0.717, 1.165) is 12.1 Å². The molecule has 2 amide bonds. The lowest BCUT2D eigenvalue weighted by Crippen LogP contribution is -2.25. The van der Waals surface area contributed by atoms with Crippen LogP contribution in [0.3, 0.4) is 0 Å². The highest BCUT2D eigenvalue weighted by Gasteiger charge is 2.16. The van der Waals surface area contributed by atoms with Crippen LogP contribution < -0.4 is 10.6 Å². The number of rotatable bonds is 9. The van der Waals surface area contributed by atoms with E-state index in [1.165, 1.54) is 0 Å². The van der Waals surface area contributed by atoms with Gasteiger partial charge >= 0.3 is 0 Å². The molecule has 0 radical (unpaired) electrons. The second-order valence-electron chi connectivity index (χ2n) is 5.37. The Balaban J connectivity index is 2.13. The van der Waals surface area contributed by atoms with Gasteiger partial charge in [-0.3, -0.25) is 9.59 Å². The number of hydrogen-bond acceptors (Lipinski definition) is 4. The predicted octanol–water partition coefficient (Wildman–Crippen LogP) is 2.38. The van der Waals surface area contributed by atoms with Crippen molar-refractivity contribution >= 4 is 17.6 Å². The first-order chi connectivity index (χ1) is 12.2. The fraction of sp³-hybridized carbons (Fsp3) is 0.389. The number of ether oxygens (including phenoxy) is 1. The molecule has 7 heteroatoms. The smallest absolute Gasteiger partial charge is 0.271 e. The van der Waals surface area contributed by atoms with E-state index in [1.54, 1.807) is 17.7 Å². The third kappa shape index (κ3) is 5.42. The van der Waals surface area contributed by atoms with Crippen molar-refractivity contribution in [1.82, 2.24) is 15.1 Å². The van der Waals surface area contributed by atoms with Crippen LogP contribution in [0.5, 0.6) is 0 Å². The minimum Gasteiger partial charge on any atom is -0.382 e. The Hall–Kier alpha value is -2.67. The molecule has 0 atom stereocenters. The molecule has 0 aliphatic carbocycles. The summed E-state index contributed by atoms with van der Waals surface area (Å²) in [4.78, 5) is 24.0. The zero-order valence-electron chi connectivity index (χ0n) is 14.6. The summed E-state index contributed by atoms with van der Waals surface area (Å²) in [6.45, 7) is 5.47. The van der Waals surface area contributed by atoms with E-state index in [9.17, 15) is 9.59 Å². The third-order valence-electron chi connectivity index (χ3n) is 3.49. The topological polar surface area (TPSA) is 85.3 Å². The third-order valence-corrected chi connectivity index (χ3v) is 3.49. The summed E-state index contributed by atoms with van der Waals surface area (Å²) in [5.41, 5.74) is 1.02. The lowest BCUT2D eigenvalue weighted by Gasteiger charge is -2.07. The zero-order valence-corrected chi connectivity index (χ0v) is 14.6. The highest BCUT2D eigenvalue weighted by atomic mass is 16.5. The molecule has 0 fully saturated rings. The maximum absolute atomic E-state index is 12.3. The second kappa shape index (κ2) is 9.58. The quantitative estimate of drug-likeness (QED) is 0.684. The van der Waals surface area contributed by atoms with Crippen molar-refractivity contribution in [2.45, 2.75) is 26.7 Å². The van der Waals surface area contributed by atoms with Crippen LogP contribution in [0, 0.1) is 0 Å². The van der Waals surface area contributed by atoms with Gasteiger partial charge in [-0.25, -0.2) is 4.68 Å². The Labute approximate surface area is 147 Å². The highest BCUT2D eigenvalue weighted by molar-refractivity contribution is 5.95. The van der Waals surface area contributed by atoms with Crippen LogP contribution in [-0.2, 0) is 9.53 Å². The first-order valence-corrected chi connectivity index (χ1v) is 8.47. The van der Waals surface area contributed by atoms with Crippen molar-refractivity contribution in [3.63, 3.8) is 0 Å². The average Bonchev–Trinajstić information content (AvgIpc) is 3.06. The number of nitrogens with zero attached hydrogens (tertiary/aromatic N) is 2. The summed E-state index contributed by atoms with van der Waals surface area (Å²) in [7, 11) is 0. The molecule has 2 aromatic rings. The van der Waals surface area contributed by atoms with Gasteiger partial charge in [-0.15, -0.1) is 0 Å². The maximum atomic E-state index is 12.3. The first-order valence-electron chi connectivity index (χ1n) is 8.47. The van der Waals surface area contributed by atoms with Gasteiger partial charge in [-0.1, -0.05) is 25.1 Å². The van der Waals surface area contributed by atoms with E-state index >= 15 is 0 Å². The van der Waals surface area contributed by atoms with Gasteiger partial charge in [0.2, 0.25) is 5.91 Å². The number of carbonyl (C=O) groups excluding carboxylic acids is 2. The Kier molecular flexibility index (Phi) is 7.16. The number of hydrogen-bond donors (Lipinski definition) is 2. The largest absolute Gasteiger partial charge is 0.382 e. The lowest BCUT2D eigenvalue weighted by atomic mass is 10.3. The van der Waals surface area contributed by atoms with Crippen LogP contribution in [-0.4, -0.2) is 41.4 Å². The number of benzene rings is 1. The van der Waals surface area contributed by atoms with Gasteiger partial charge in [-0.05, 0) is 25.5 Å². The minimum absolute atomic E-state index is 0.138. The second-order valence-corrected chi connectivity index (χ2v) is 5.37. The van der Waals surface area contributed by atoms with Gasteiger partial charge < -0.3 is 15.4 Å². The summed E-state index contributed by atoms with van der Waals surface area (Å²) in [5, 5.41) is 9.93. The van der Waals surface area contributed by atoms with Crippen LogP contribution in [0.15, 0.2) is 36.4 Å². The Morgan fingerprint density at radius 2 is 1.96 bits per heavy atom. The monoisotopic (exact) mass is 344 g/mol. The molecule has 1 aromatic carbocycles. The summed E-state index contributed by atoms with van der Waals surface area (Å²) < 4.78 is 6.80. The van der Waals surface area contributed by atoms with Crippen LogP contribution in [0.2, 0.25) is 0 Å². The first kappa shape index (κ1) is 18.7. The zero-order chi connectivity index (χ0) is 18.1. The molecule has 134 valence electrons. The van der Waals surface area contributed by atoms with E-state index in [-0.39, 0.29) is 17.5 Å². The SMILES string of the molecule is CCOCCCNC(=O)c1cc(NC(=O)CC)n(-c2ccccc2)n1. The number of amides is 2. The number of aromatic nitrogens is 2.